The summed E-state index contributed by atoms with van der Waals surface area (Å²) in [5, 5.41) is 9.00. The standard InChI is InChI=1S/C18H18ClN5O.C3H6S/c19-17-5-14(20)1-3-16(17)13-8-22-24(10-13)15-2-4-18(25)23(11-15)9-12-6-21-7-12;4-3-1-2-3/h1-5,8,10-12,21H,6-7,9,20H2;3-4H,1-2H2. The van der Waals surface area contributed by atoms with Gasteiger partial charge in [0.2, 0.25) is 0 Å². The van der Waals surface area contributed by atoms with Gasteiger partial charge in [-0.3, -0.25) is 4.79 Å². The average molecular weight is 430 g/mol. The predicted molar refractivity (Wildman–Crippen MR) is 121 cm³/mol. The number of nitrogens with zero attached hydrogens (tertiary/aromatic N) is 3. The molecule has 1 aromatic carbocycles. The van der Waals surface area contributed by atoms with Crippen LogP contribution in [-0.4, -0.2) is 32.7 Å². The highest BCUT2D eigenvalue weighted by atomic mass is 35.5. The van der Waals surface area contributed by atoms with Gasteiger partial charge in [-0.1, -0.05) is 17.7 Å². The van der Waals surface area contributed by atoms with Crippen molar-refractivity contribution in [3.63, 3.8) is 0 Å². The Morgan fingerprint density at radius 3 is 2.59 bits per heavy atom. The lowest BCUT2D eigenvalue weighted by Gasteiger charge is -2.27. The Bertz CT molecular complexity index is 1060. The van der Waals surface area contributed by atoms with Gasteiger partial charge in [0.1, 0.15) is 0 Å². The van der Waals surface area contributed by atoms with E-state index in [0.29, 0.717) is 16.6 Å². The van der Waals surface area contributed by atoms with Gasteiger partial charge in [0.25, 0.3) is 5.56 Å². The lowest BCUT2D eigenvalue weighted by Crippen LogP contribution is -2.45. The molecule has 0 spiro atoms. The molecule has 152 valence electrons. The van der Waals surface area contributed by atoms with Crippen molar-refractivity contribution < 1.29 is 0 Å². The molecule has 0 unspecified atom stereocenters. The van der Waals surface area contributed by atoms with Crippen molar-refractivity contribution in [1.82, 2.24) is 19.7 Å². The highest BCUT2D eigenvalue weighted by Crippen LogP contribution is 2.29. The van der Waals surface area contributed by atoms with Gasteiger partial charge in [-0.2, -0.15) is 17.7 Å². The first kappa shape index (κ1) is 20.1. The number of benzene rings is 1. The van der Waals surface area contributed by atoms with E-state index in [2.05, 4.69) is 23.0 Å². The molecule has 5 rings (SSSR count). The number of nitrogens with one attached hydrogen (secondary N) is 1. The topological polar surface area (TPSA) is 77.9 Å². The van der Waals surface area contributed by atoms with E-state index in [4.69, 9.17) is 17.3 Å². The molecule has 3 heterocycles. The van der Waals surface area contributed by atoms with Crippen LogP contribution < -0.4 is 16.6 Å². The van der Waals surface area contributed by atoms with Crippen LogP contribution in [0, 0.1) is 5.92 Å². The first-order valence-corrected chi connectivity index (χ1v) is 10.6. The summed E-state index contributed by atoms with van der Waals surface area (Å²) in [6.45, 7) is 2.63. The summed E-state index contributed by atoms with van der Waals surface area (Å²) in [5.41, 5.74) is 8.98. The number of rotatable bonds is 4. The van der Waals surface area contributed by atoms with Crippen molar-refractivity contribution in [1.29, 1.82) is 0 Å². The molecule has 1 aliphatic carbocycles. The quantitative estimate of drug-likeness (QED) is 0.439. The molecule has 3 N–H and O–H groups in total. The zero-order valence-corrected chi connectivity index (χ0v) is 17.6. The van der Waals surface area contributed by atoms with Crippen LogP contribution in [0.15, 0.2) is 53.7 Å². The summed E-state index contributed by atoms with van der Waals surface area (Å²) in [7, 11) is 0. The first-order valence-electron chi connectivity index (χ1n) is 9.69. The highest BCUT2D eigenvalue weighted by Gasteiger charge is 2.18. The number of thiol groups is 1. The Balaban J connectivity index is 0.000000458. The van der Waals surface area contributed by atoms with E-state index in [1.165, 1.54) is 12.8 Å². The zero-order valence-electron chi connectivity index (χ0n) is 16.0. The second kappa shape index (κ2) is 8.65. The lowest BCUT2D eigenvalue weighted by atomic mass is 10.0. The van der Waals surface area contributed by atoms with Gasteiger partial charge in [0.15, 0.2) is 0 Å². The van der Waals surface area contributed by atoms with Crippen molar-refractivity contribution >= 4 is 29.9 Å². The second-order valence-corrected chi connectivity index (χ2v) is 8.68. The van der Waals surface area contributed by atoms with Gasteiger partial charge in [-0.15, -0.1) is 0 Å². The van der Waals surface area contributed by atoms with Crippen LogP contribution in [0.4, 0.5) is 5.69 Å². The Morgan fingerprint density at radius 2 is 1.97 bits per heavy atom. The molecular formula is C21H24ClN5OS. The molecular weight excluding hydrogens is 406 g/mol. The Labute approximate surface area is 180 Å². The monoisotopic (exact) mass is 429 g/mol. The number of anilines is 1. The number of pyridine rings is 1. The third-order valence-electron chi connectivity index (χ3n) is 4.99. The number of hydrogen-bond acceptors (Lipinski definition) is 5. The van der Waals surface area contributed by atoms with E-state index < -0.39 is 0 Å². The average Bonchev–Trinajstić information content (AvgIpc) is 3.28. The van der Waals surface area contributed by atoms with Gasteiger partial charge < -0.3 is 15.6 Å². The molecule has 0 amide bonds. The highest BCUT2D eigenvalue weighted by molar-refractivity contribution is 7.81. The molecule has 2 aliphatic rings. The minimum atomic E-state index is 0.00427. The minimum absolute atomic E-state index is 0.00427. The molecule has 1 saturated carbocycles. The molecule has 29 heavy (non-hydrogen) atoms. The number of hydrogen-bond donors (Lipinski definition) is 3. The molecule has 6 nitrogen and oxygen atoms in total. The normalized spacial score (nSPS) is 16.1. The fourth-order valence-electron chi connectivity index (χ4n) is 3.00. The van der Waals surface area contributed by atoms with Crippen LogP contribution in [0.3, 0.4) is 0 Å². The largest absolute Gasteiger partial charge is 0.399 e. The van der Waals surface area contributed by atoms with Crippen molar-refractivity contribution in [2.75, 3.05) is 18.8 Å². The summed E-state index contributed by atoms with van der Waals surface area (Å²) in [6, 6.07) is 8.77. The smallest absolute Gasteiger partial charge is 0.250 e. The van der Waals surface area contributed by atoms with Crippen molar-refractivity contribution in [2.45, 2.75) is 24.6 Å². The number of halogens is 1. The van der Waals surface area contributed by atoms with Crippen molar-refractivity contribution in [2.24, 2.45) is 5.92 Å². The van der Waals surface area contributed by atoms with Gasteiger partial charge in [-0.25, -0.2) is 4.68 Å². The molecule has 2 fully saturated rings. The summed E-state index contributed by atoms with van der Waals surface area (Å²) in [6.07, 6.45) is 8.20. The Kier molecular flexibility index (Phi) is 5.99. The fraction of sp³-hybridized carbons (Fsp3) is 0.333. The molecule has 1 saturated heterocycles. The van der Waals surface area contributed by atoms with E-state index in [0.717, 1.165) is 41.7 Å². The van der Waals surface area contributed by atoms with Crippen LogP contribution in [0.1, 0.15) is 12.8 Å². The van der Waals surface area contributed by atoms with E-state index in [9.17, 15) is 4.79 Å². The number of nitrogens with two attached hydrogens (primary N) is 1. The summed E-state index contributed by atoms with van der Waals surface area (Å²) in [5.74, 6) is 0.509. The molecule has 0 atom stereocenters. The molecule has 0 radical (unpaired) electrons. The summed E-state index contributed by atoms with van der Waals surface area (Å²) in [4.78, 5) is 12.1. The van der Waals surface area contributed by atoms with Gasteiger partial charge in [0.05, 0.1) is 16.9 Å². The van der Waals surface area contributed by atoms with E-state index >= 15 is 0 Å². The maximum atomic E-state index is 12.1. The van der Waals surface area contributed by atoms with Gasteiger partial charge in [0, 0.05) is 66.1 Å². The van der Waals surface area contributed by atoms with Crippen LogP contribution in [0.2, 0.25) is 5.02 Å². The van der Waals surface area contributed by atoms with Crippen molar-refractivity contribution in [3.05, 3.63) is 64.3 Å². The second-order valence-electron chi connectivity index (χ2n) is 7.55. The summed E-state index contributed by atoms with van der Waals surface area (Å²) < 4.78 is 3.50. The van der Waals surface area contributed by atoms with E-state index in [1.807, 2.05) is 24.5 Å². The Hall–Kier alpha value is -2.22. The van der Waals surface area contributed by atoms with E-state index in [1.54, 1.807) is 33.6 Å². The molecule has 1 aliphatic heterocycles. The van der Waals surface area contributed by atoms with Crippen LogP contribution in [0.5, 0.6) is 0 Å². The third kappa shape index (κ3) is 5.04. The Morgan fingerprint density at radius 1 is 1.21 bits per heavy atom. The van der Waals surface area contributed by atoms with Crippen molar-refractivity contribution in [3.8, 4) is 16.8 Å². The molecule has 0 bridgehead atoms. The first-order chi connectivity index (χ1) is 14.0. The SMILES string of the molecule is Nc1ccc(-c2cnn(-c3ccc(=O)n(CC4CNC4)c3)c2)c(Cl)c1.SC1CC1. The zero-order chi connectivity index (χ0) is 20.4. The van der Waals surface area contributed by atoms with Crippen LogP contribution in [0.25, 0.3) is 16.8 Å². The van der Waals surface area contributed by atoms with Gasteiger partial charge in [-0.05, 0) is 31.0 Å². The maximum Gasteiger partial charge on any atom is 0.250 e. The number of aromatic nitrogens is 3. The number of nitrogen functional groups attached to an aromatic ring is 1. The summed E-state index contributed by atoms with van der Waals surface area (Å²) >= 11 is 10.4. The predicted octanol–water partition coefficient (Wildman–Crippen LogP) is 3.23. The fourth-order valence-corrected chi connectivity index (χ4v) is 3.44. The maximum absolute atomic E-state index is 12.1. The van der Waals surface area contributed by atoms with Crippen LogP contribution >= 0.6 is 24.2 Å². The van der Waals surface area contributed by atoms with Gasteiger partial charge >= 0.3 is 0 Å². The van der Waals surface area contributed by atoms with Crippen LogP contribution in [-0.2, 0) is 6.54 Å². The minimum Gasteiger partial charge on any atom is -0.399 e. The van der Waals surface area contributed by atoms with E-state index in [-0.39, 0.29) is 5.56 Å². The third-order valence-corrected chi connectivity index (χ3v) is 5.82. The lowest BCUT2D eigenvalue weighted by molar-refractivity contribution is 0.303. The molecule has 3 aromatic rings. The molecule has 8 heteroatoms. The molecule has 2 aromatic heterocycles.